The summed E-state index contributed by atoms with van der Waals surface area (Å²) in [5, 5.41) is 10.2. The first kappa shape index (κ1) is 10.9. The Morgan fingerprint density at radius 2 is 2.29 bits per heavy atom. The summed E-state index contributed by atoms with van der Waals surface area (Å²) in [5.74, 6) is -1.29. The second-order valence-corrected chi connectivity index (χ2v) is 3.30. The van der Waals surface area contributed by atoms with Crippen LogP contribution in [0.3, 0.4) is 0 Å². The molecular formula is C8H14N2O4. The van der Waals surface area contributed by atoms with Crippen LogP contribution in [-0.2, 0) is 14.3 Å². The van der Waals surface area contributed by atoms with Gasteiger partial charge in [-0.05, 0) is 19.8 Å². The van der Waals surface area contributed by atoms with E-state index in [9.17, 15) is 14.8 Å². The molecule has 1 aliphatic heterocycles. The monoisotopic (exact) mass is 202 g/mol. The molecule has 1 fully saturated rings. The van der Waals surface area contributed by atoms with Crippen molar-refractivity contribution in [3.8, 4) is 0 Å². The number of amides is 1. The molecule has 0 spiro atoms. The van der Waals surface area contributed by atoms with Crippen molar-refractivity contribution in [3.05, 3.63) is 0 Å². The second-order valence-electron chi connectivity index (χ2n) is 3.30. The van der Waals surface area contributed by atoms with E-state index in [2.05, 4.69) is 0 Å². The van der Waals surface area contributed by atoms with Crippen molar-refractivity contribution in [2.45, 2.75) is 31.9 Å². The zero-order valence-electron chi connectivity index (χ0n) is 7.97. The number of carbonyl (C=O) groups is 2. The van der Waals surface area contributed by atoms with Crippen molar-refractivity contribution in [2.24, 2.45) is 5.73 Å². The molecule has 1 saturated heterocycles. The maximum Gasteiger partial charge on any atom is 0.326 e. The number of hydroxylamine groups is 2. The van der Waals surface area contributed by atoms with E-state index in [-0.39, 0.29) is 0 Å². The molecule has 1 heterocycles. The highest BCUT2D eigenvalue weighted by Crippen LogP contribution is 2.16. The molecule has 0 aliphatic carbocycles. The van der Waals surface area contributed by atoms with Crippen LogP contribution < -0.4 is 5.73 Å². The van der Waals surface area contributed by atoms with E-state index >= 15 is 0 Å². The summed E-state index contributed by atoms with van der Waals surface area (Å²) in [4.78, 5) is 21.9. The molecule has 0 radical (unpaired) electrons. The average Bonchev–Trinajstić information content (AvgIpc) is 2.51. The molecule has 0 saturated carbocycles. The lowest BCUT2D eigenvalue weighted by Gasteiger charge is -2.17. The van der Waals surface area contributed by atoms with Gasteiger partial charge in [-0.15, -0.1) is 0 Å². The molecule has 1 amide bonds. The van der Waals surface area contributed by atoms with Crippen LogP contribution >= 0.6 is 0 Å². The molecule has 1 aliphatic rings. The van der Waals surface area contributed by atoms with E-state index in [1.807, 2.05) is 0 Å². The minimum Gasteiger partial charge on any atom is -0.451 e. The van der Waals surface area contributed by atoms with Crippen molar-refractivity contribution < 1.29 is 19.5 Å². The molecule has 0 bridgehead atoms. The average molecular weight is 202 g/mol. The second kappa shape index (κ2) is 4.39. The number of carbonyl (C=O) groups excluding carboxylic acids is 2. The standard InChI is InChI=1S/C8H14N2O4/c1-5(7(9)11)14-8(12)6-3-2-4-10(6)13/h5-6,13H,2-4H2,1H3,(H2,9,11). The number of primary amides is 1. The number of ether oxygens (including phenoxy) is 1. The van der Waals surface area contributed by atoms with Crippen molar-refractivity contribution in [1.82, 2.24) is 5.06 Å². The maximum atomic E-state index is 11.3. The fourth-order valence-electron chi connectivity index (χ4n) is 1.30. The van der Waals surface area contributed by atoms with Gasteiger partial charge in [0.1, 0.15) is 6.04 Å². The van der Waals surface area contributed by atoms with Crippen molar-refractivity contribution in [3.63, 3.8) is 0 Å². The molecule has 80 valence electrons. The van der Waals surface area contributed by atoms with Crippen molar-refractivity contribution in [2.75, 3.05) is 6.54 Å². The highest BCUT2D eigenvalue weighted by atomic mass is 16.6. The van der Waals surface area contributed by atoms with Crippen LogP contribution in [0.2, 0.25) is 0 Å². The molecule has 6 nitrogen and oxygen atoms in total. The minimum atomic E-state index is -0.948. The van der Waals surface area contributed by atoms with E-state index < -0.39 is 24.0 Å². The number of nitrogens with zero attached hydrogens (tertiary/aromatic N) is 1. The van der Waals surface area contributed by atoms with Gasteiger partial charge < -0.3 is 15.7 Å². The van der Waals surface area contributed by atoms with Crippen LogP contribution in [0, 0.1) is 0 Å². The molecule has 0 aromatic rings. The molecule has 0 aromatic carbocycles. The van der Waals surface area contributed by atoms with Gasteiger partial charge in [-0.3, -0.25) is 9.59 Å². The van der Waals surface area contributed by atoms with Gasteiger partial charge in [-0.25, -0.2) is 0 Å². The summed E-state index contributed by atoms with van der Waals surface area (Å²) in [7, 11) is 0. The Balaban J connectivity index is 2.45. The van der Waals surface area contributed by atoms with Crippen LogP contribution in [0.25, 0.3) is 0 Å². The maximum absolute atomic E-state index is 11.3. The summed E-state index contributed by atoms with van der Waals surface area (Å²) in [5.41, 5.74) is 4.93. The van der Waals surface area contributed by atoms with Gasteiger partial charge in [0.2, 0.25) is 0 Å². The van der Waals surface area contributed by atoms with Gasteiger partial charge in [-0.2, -0.15) is 5.06 Å². The van der Waals surface area contributed by atoms with Gasteiger partial charge in [0.25, 0.3) is 5.91 Å². The van der Waals surface area contributed by atoms with Gasteiger partial charge in [0.05, 0.1) is 0 Å². The van der Waals surface area contributed by atoms with Crippen LogP contribution in [0.5, 0.6) is 0 Å². The third kappa shape index (κ3) is 2.43. The molecule has 6 heteroatoms. The highest BCUT2D eigenvalue weighted by molar-refractivity contribution is 5.83. The number of hydrogen-bond donors (Lipinski definition) is 2. The fourth-order valence-corrected chi connectivity index (χ4v) is 1.30. The normalized spacial score (nSPS) is 24.6. The van der Waals surface area contributed by atoms with Crippen LogP contribution in [0.15, 0.2) is 0 Å². The number of nitrogens with two attached hydrogens (primary N) is 1. The SMILES string of the molecule is CC(OC(=O)C1CCCN1O)C(N)=O. The largest absolute Gasteiger partial charge is 0.451 e. The van der Waals surface area contributed by atoms with Gasteiger partial charge in [0, 0.05) is 6.54 Å². The Morgan fingerprint density at radius 3 is 2.71 bits per heavy atom. The lowest BCUT2D eigenvalue weighted by atomic mass is 10.2. The Kier molecular flexibility index (Phi) is 3.43. The van der Waals surface area contributed by atoms with Crippen molar-refractivity contribution >= 4 is 11.9 Å². The number of rotatable bonds is 3. The first-order valence-corrected chi connectivity index (χ1v) is 4.47. The van der Waals surface area contributed by atoms with E-state index in [0.29, 0.717) is 13.0 Å². The van der Waals surface area contributed by atoms with E-state index in [1.165, 1.54) is 6.92 Å². The summed E-state index contributed by atoms with van der Waals surface area (Å²) >= 11 is 0. The Labute approximate surface area is 81.6 Å². The first-order chi connectivity index (χ1) is 6.52. The fraction of sp³-hybridized carbons (Fsp3) is 0.750. The summed E-state index contributed by atoms with van der Waals surface area (Å²) in [6, 6.07) is -0.656. The smallest absolute Gasteiger partial charge is 0.326 e. The van der Waals surface area contributed by atoms with Gasteiger partial charge >= 0.3 is 5.97 Å². The molecular weight excluding hydrogens is 188 g/mol. The molecule has 2 atom stereocenters. The highest BCUT2D eigenvalue weighted by Gasteiger charge is 2.32. The predicted molar refractivity (Wildman–Crippen MR) is 46.3 cm³/mol. The first-order valence-electron chi connectivity index (χ1n) is 4.47. The quantitative estimate of drug-likeness (QED) is 0.588. The summed E-state index contributed by atoms with van der Waals surface area (Å²) in [6.07, 6.45) is 0.332. The Hall–Kier alpha value is -1.14. The Morgan fingerprint density at radius 1 is 1.64 bits per heavy atom. The molecule has 2 unspecified atom stereocenters. The third-order valence-electron chi connectivity index (χ3n) is 2.19. The molecule has 1 rings (SSSR count). The van der Waals surface area contributed by atoms with E-state index in [0.717, 1.165) is 11.5 Å². The van der Waals surface area contributed by atoms with E-state index in [1.54, 1.807) is 0 Å². The van der Waals surface area contributed by atoms with Gasteiger partial charge in [-0.1, -0.05) is 0 Å². The van der Waals surface area contributed by atoms with E-state index in [4.69, 9.17) is 10.5 Å². The summed E-state index contributed by atoms with van der Waals surface area (Å²) in [6.45, 7) is 1.85. The number of hydrogen-bond acceptors (Lipinski definition) is 5. The lowest BCUT2D eigenvalue weighted by Crippen LogP contribution is -2.39. The van der Waals surface area contributed by atoms with Gasteiger partial charge in [0.15, 0.2) is 6.10 Å². The minimum absolute atomic E-state index is 0.449. The summed E-state index contributed by atoms with van der Waals surface area (Å²) < 4.78 is 4.75. The zero-order chi connectivity index (χ0) is 10.7. The predicted octanol–water partition coefficient (Wildman–Crippen LogP) is -0.743. The van der Waals surface area contributed by atoms with Crippen LogP contribution in [0.4, 0.5) is 0 Å². The lowest BCUT2D eigenvalue weighted by molar-refractivity contribution is -0.173. The van der Waals surface area contributed by atoms with Crippen LogP contribution in [-0.4, -0.2) is 40.8 Å². The molecule has 0 aromatic heterocycles. The third-order valence-corrected chi connectivity index (χ3v) is 2.19. The van der Waals surface area contributed by atoms with Crippen molar-refractivity contribution in [1.29, 1.82) is 0 Å². The molecule has 14 heavy (non-hydrogen) atoms. The molecule has 3 N–H and O–H groups in total. The zero-order valence-corrected chi connectivity index (χ0v) is 7.97. The Bertz CT molecular complexity index is 243. The van der Waals surface area contributed by atoms with Crippen LogP contribution in [0.1, 0.15) is 19.8 Å². The number of esters is 1. The topological polar surface area (TPSA) is 92.9 Å².